The molecule has 0 saturated heterocycles. The molecule has 0 aliphatic heterocycles. The Hall–Kier alpha value is -0.780. The summed E-state index contributed by atoms with van der Waals surface area (Å²) in [5, 5.41) is 0. The van der Waals surface area contributed by atoms with Gasteiger partial charge in [-0.2, -0.15) is 0 Å². The summed E-state index contributed by atoms with van der Waals surface area (Å²) < 4.78 is 0. The summed E-state index contributed by atoms with van der Waals surface area (Å²) in [6.07, 6.45) is 14.7. The number of fused-ring (bicyclic) bond motifs is 6. The topological polar surface area (TPSA) is 0 Å². The van der Waals surface area contributed by atoms with Gasteiger partial charge < -0.3 is 0 Å². The smallest absolute Gasteiger partial charge is 0.0128 e. The van der Waals surface area contributed by atoms with Crippen LogP contribution in [0.3, 0.4) is 0 Å². The largest absolute Gasteiger partial charge is 0.0683 e. The lowest BCUT2D eigenvalue weighted by Gasteiger charge is -2.58. The van der Waals surface area contributed by atoms with E-state index in [1.807, 2.05) is 13.8 Å². The van der Waals surface area contributed by atoms with Gasteiger partial charge in [0.15, 0.2) is 0 Å². The number of hydrogen-bond acceptors (Lipinski definition) is 0. The zero-order chi connectivity index (χ0) is 19.7. The average molecular weight is 369 g/mol. The van der Waals surface area contributed by atoms with Gasteiger partial charge in [0, 0.05) is 0 Å². The molecule has 3 saturated carbocycles. The van der Waals surface area contributed by atoms with Crippen molar-refractivity contribution in [3.8, 4) is 0 Å². The normalized spacial score (nSPS) is 34.7. The van der Waals surface area contributed by atoms with Crippen molar-refractivity contribution in [3.05, 3.63) is 34.9 Å². The van der Waals surface area contributed by atoms with Gasteiger partial charge in [-0.1, -0.05) is 71.2 Å². The fourth-order valence-corrected chi connectivity index (χ4v) is 7.36. The van der Waals surface area contributed by atoms with Crippen LogP contribution < -0.4 is 0 Å². The fourth-order valence-electron chi connectivity index (χ4n) is 7.36. The SMILES string of the molecule is CC.CCC.Cc1ccc2c(c1)CCC1C2CCC2(C)C1CCC21CCC1. The number of rotatable bonds is 0. The highest BCUT2D eigenvalue weighted by Gasteiger charge is 2.63. The van der Waals surface area contributed by atoms with Crippen molar-refractivity contribution in [1.82, 2.24) is 0 Å². The van der Waals surface area contributed by atoms with E-state index in [1.54, 1.807) is 36.8 Å². The second-order valence-electron chi connectivity index (χ2n) is 9.95. The third kappa shape index (κ3) is 3.30. The van der Waals surface area contributed by atoms with Crippen molar-refractivity contribution in [2.45, 2.75) is 112 Å². The van der Waals surface area contributed by atoms with E-state index in [2.05, 4.69) is 45.9 Å². The van der Waals surface area contributed by atoms with Crippen LogP contribution in [0.2, 0.25) is 0 Å². The Labute approximate surface area is 169 Å². The van der Waals surface area contributed by atoms with Crippen molar-refractivity contribution in [3.63, 3.8) is 0 Å². The third-order valence-corrected chi connectivity index (χ3v) is 8.73. The molecule has 4 aliphatic carbocycles. The maximum absolute atomic E-state index is 2.70. The molecular formula is C27H44. The van der Waals surface area contributed by atoms with E-state index >= 15 is 0 Å². The predicted octanol–water partition coefficient (Wildman–Crippen LogP) is 8.46. The Balaban J connectivity index is 0.000000386. The Morgan fingerprint density at radius 1 is 0.963 bits per heavy atom. The van der Waals surface area contributed by atoms with E-state index in [1.165, 1.54) is 44.1 Å². The quantitative estimate of drug-likeness (QED) is 0.431. The molecular weight excluding hydrogens is 324 g/mol. The summed E-state index contributed by atoms with van der Waals surface area (Å²) in [4.78, 5) is 0. The van der Waals surface area contributed by atoms with Crippen LogP contribution in [-0.4, -0.2) is 0 Å². The second-order valence-corrected chi connectivity index (χ2v) is 9.95. The predicted molar refractivity (Wildman–Crippen MR) is 119 cm³/mol. The van der Waals surface area contributed by atoms with Gasteiger partial charge in [0.05, 0.1) is 0 Å². The summed E-state index contributed by atoms with van der Waals surface area (Å²) in [5.74, 6) is 2.91. The summed E-state index contributed by atoms with van der Waals surface area (Å²) in [6.45, 7) is 13.2. The third-order valence-electron chi connectivity index (χ3n) is 8.73. The number of benzene rings is 1. The molecule has 4 atom stereocenters. The first-order chi connectivity index (χ1) is 13.0. The van der Waals surface area contributed by atoms with Crippen LogP contribution in [0, 0.1) is 29.6 Å². The van der Waals surface area contributed by atoms with Crippen LogP contribution in [-0.2, 0) is 6.42 Å². The van der Waals surface area contributed by atoms with Crippen molar-refractivity contribution < 1.29 is 0 Å². The van der Waals surface area contributed by atoms with Crippen LogP contribution in [0.1, 0.15) is 115 Å². The molecule has 5 rings (SSSR count). The summed E-state index contributed by atoms with van der Waals surface area (Å²) >= 11 is 0. The van der Waals surface area contributed by atoms with Gasteiger partial charge >= 0.3 is 0 Å². The van der Waals surface area contributed by atoms with Gasteiger partial charge in [-0.25, -0.2) is 0 Å². The van der Waals surface area contributed by atoms with E-state index in [0.717, 1.165) is 23.2 Å². The lowest BCUT2D eigenvalue weighted by Crippen LogP contribution is -2.49. The zero-order valence-electron chi connectivity index (χ0n) is 19.0. The average Bonchev–Trinajstić information content (AvgIpc) is 2.97. The summed E-state index contributed by atoms with van der Waals surface area (Å²) in [5.41, 5.74) is 6.33. The number of hydrogen-bond donors (Lipinski definition) is 0. The molecule has 3 fully saturated rings. The standard InChI is InChI=1S/C22H30.C3H8.C2H6/c1-15-4-6-17-16(14-15)5-7-19-18(17)8-12-21(2)20(19)9-13-22(21)10-3-11-22;1-3-2;1-2/h4,6,14,18-20H,3,5,7-13H2,1-2H3;3H2,1-2H3;1-2H3. The van der Waals surface area contributed by atoms with E-state index in [4.69, 9.17) is 0 Å². The van der Waals surface area contributed by atoms with E-state index in [0.29, 0.717) is 5.41 Å². The highest BCUT2D eigenvalue weighted by Crippen LogP contribution is 2.72. The van der Waals surface area contributed by atoms with Gasteiger partial charge in [-0.15, -0.1) is 0 Å². The maximum Gasteiger partial charge on any atom is -0.0128 e. The molecule has 0 aromatic heterocycles. The monoisotopic (exact) mass is 368 g/mol. The van der Waals surface area contributed by atoms with Crippen LogP contribution >= 0.6 is 0 Å². The Bertz CT molecular complexity index is 623. The zero-order valence-corrected chi connectivity index (χ0v) is 19.0. The Morgan fingerprint density at radius 3 is 2.30 bits per heavy atom. The molecule has 0 nitrogen and oxygen atoms in total. The Kier molecular flexibility index (Phi) is 6.44. The molecule has 0 radical (unpaired) electrons. The van der Waals surface area contributed by atoms with Crippen LogP contribution in [0.5, 0.6) is 0 Å². The lowest BCUT2D eigenvalue weighted by molar-refractivity contribution is -0.0712. The minimum atomic E-state index is 0.689. The lowest BCUT2D eigenvalue weighted by atomic mass is 9.46. The molecule has 1 aromatic carbocycles. The fraction of sp³-hybridized carbons (Fsp3) is 0.778. The highest BCUT2D eigenvalue weighted by molar-refractivity contribution is 5.38. The molecule has 152 valence electrons. The molecule has 4 aliphatic rings. The van der Waals surface area contributed by atoms with Crippen LogP contribution in [0.15, 0.2) is 18.2 Å². The summed E-state index contributed by atoms with van der Waals surface area (Å²) in [7, 11) is 0. The molecule has 1 aromatic rings. The first-order valence-electron chi connectivity index (χ1n) is 12.1. The van der Waals surface area contributed by atoms with E-state index in [-0.39, 0.29) is 0 Å². The van der Waals surface area contributed by atoms with Crippen LogP contribution in [0.4, 0.5) is 0 Å². The highest BCUT2D eigenvalue weighted by atomic mass is 14.7. The Morgan fingerprint density at radius 2 is 1.67 bits per heavy atom. The van der Waals surface area contributed by atoms with Gasteiger partial charge in [-0.05, 0) is 98.0 Å². The molecule has 4 unspecified atom stereocenters. The first kappa shape index (κ1) is 20.9. The van der Waals surface area contributed by atoms with Crippen LogP contribution in [0.25, 0.3) is 0 Å². The van der Waals surface area contributed by atoms with Crippen molar-refractivity contribution in [1.29, 1.82) is 0 Å². The number of aryl methyl sites for hydroxylation is 2. The van der Waals surface area contributed by atoms with Gasteiger partial charge in [-0.3, -0.25) is 0 Å². The van der Waals surface area contributed by atoms with E-state index in [9.17, 15) is 0 Å². The van der Waals surface area contributed by atoms with Crippen molar-refractivity contribution >= 4 is 0 Å². The van der Waals surface area contributed by atoms with Crippen molar-refractivity contribution in [2.24, 2.45) is 22.7 Å². The molecule has 0 bridgehead atoms. The van der Waals surface area contributed by atoms with Gasteiger partial charge in [0.2, 0.25) is 0 Å². The molecule has 0 N–H and O–H groups in total. The maximum atomic E-state index is 2.70. The molecule has 0 amide bonds. The molecule has 27 heavy (non-hydrogen) atoms. The van der Waals surface area contributed by atoms with Gasteiger partial charge in [0.1, 0.15) is 0 Å². The molecule has 0 heteroatoms. The minimum Gasteiger partial charge on any atom is -0.0683 e. The summed E-state index contributed by atoms with van der Waals surface area (Å²) in [6, 6.07) is 7.32. The first-order valence-corrected chi connectivity index (χ1v) is 12.1. The van der Waals surface area contributed by atoms with E-state index < -0.39 is 0 Å². The van der Waals surface area contributed by atoms with Crippen molar-refractivity contribution in [2.75, 3.05) is 0 Å². The second kappa shape index (κ2) is 8.30. The molecule has 0 heterocycles. The van der Waals surface area contributed by atoms with Gasteiger partial charge in [0.25, 0.3) is 0 Å². The molecule has 1 spiro atoms. The minimum absolute atomic E-state index is 0.689.